The van der Waals surface area contributed by atoms with Crippen LogP contribution in [-0.4, -0.2) is 43.3 Å². The molecule has 2 aromatic rings. The van der Waals surface area contributed by atoms with E-state index < -0.39 is 4.92 Å². The molecular weight excluding hydrogens is 372 g/mol. The predicted octanol–water partition coefficient (Wildman–Crippen LogP) is 2.74. The molecule has 1 aliphatic rings. The highest BCUT2D eigenvalue weighted by molar-refractivity contribution is 5.90. The van der Waals surface area contributed by atoms with Gasteiger partial charge in [-0.25, -0.2) is 5.43 Å². The molecule has 8 heteroatoms. The van der Waals surface area contributed by atoms with Crippen molar-refractivity contribution in [1.82, 2.24) is 5.43 Å². The van der Waals surface area contributed by atoms with Gasteiger partial charge in [-0.05, 0) is 31.0 Å². The van der Waals surface area contributed by atoms with E-state index in [2.05, 4.69) is 15.4 Å². The Kier molecular flexibility index (Phi) is 6.56. The van der Waals surface area contributed by atoms with Crippen LogP contribution in [0.3, 0.4) is 0 Å². The summed E-state index contributed by atoms with van der Waals surface area (Å²) in [6.07, 6.45) is 1.67. The summed E-state index contributed by atoms with van der Waals surface area (Å²) in [5.41, 5.74) is 7.03. The van der Waals surface area contributed by atoms with Crippen molar-refractivity contribution in [2.24, 2.45) is 5.10 Å². The number of carbonyl (C=O) groups excluding carboxylic acids is 1. The highest BCUT2D eigenvalue weighted by Gasteiger charge is 2.17. The van der Waals surface area contributed by atoms with Crippen LogP contribution < -0.4 is 10.3 Å². The molecule has 0 unspecified atom stereocenters. The van der Waals surface area contributed by atoms with Crippen molar-refractivity contribution in [2.75, 3.05) is 31.2 Å². The lowest BCUT2D eigenvalue weighted by Crippen LogP contribution is -2.36. The number of non-ortho nitro benzene ring substituents is 1. The van der Waals surface area contributed by atoms with Crippen LogP contribution in [-0.2, 0) is 16.0 Å². The summed E-state index contributed by atoms with van der Waals surface area (Å²) in [5, 5.41) is 15.2. The van der Waals surface area contributed by atoms with E-state index in [0.29, 0.717) is 31.9 Å². The summed E-state index contributed by atoms with van der Waals surface area (Å²) in [4.78, 5) is 25.0. The number of hydrazone groups is 1. The summed E-state index contributed by atoms with van der Waals surface area (Å²) in [7, 11) is 0. The average molecular weight is 396 g/mol. The first kappa shape index (κ1) is 20.5. The molecule has 0 atom stereocenters. The van der Waals surface area contributed by atoms with Crippen LogP contribution in [0.5, 0.6) is 0 Å². The van der Waals surface area contributed by atoms with E-state index >= 15 is 0 Å². The van der Waals surface area contributed by atoms with Crippen LogP contribution in [0.1, 0.15) is 22.3 Å². The number of nitro benzene ring substituents is 1. The van der Waals surface area contributed by atoms with E-state index in [1.165, 1.54) is 18.3 Å². The number of aryl methyl sites for hydroxylation is 2. The van der Waals surface area contributed by atoms with Gasteiger partial charge in [0.15, 0.2) is 0 Å². The zero-order chi connectivity index (χ0) is 20.8. The van der Waals surface area contributed by atoms with Gasteiger partial charge in [0, 0.05) is 36.5 Å². The molecule has 29 heavy (non-hydrogen) atoms. The maximum Gasteiger partial charge on any atom is 0.270 e. The molecule has 152 valence electrons. The number of hydrogen-bond acceptors (Lipinski definition) is 6. The minimum Gasteiger partial charge on any atom is -0.378 e. The van der Waals surface area contributed by atoms with E-state index in [1.54, 1.807) is 6.07 Å². The van der Waals surface area contributed by atoms with Crippen LogP contribution in [0.25, 0.3) is 0 Å². The summed E-state index contributed by atoms with van der Waals surface area (Å²) >= 11 is 0. The molecule has 0 aromatic heterocycles. The van der Waals surface area contributed by atoms with Gasteiger partial charge in [-0.2, -0.15) is 5.10 Å². The van der Waals surface area contributed by atoms with Crippen LogP contribution in [0.15, 0.2) is 41.5 Å². The lowest BCUT2D eigenvalue weighted by molar-refractivity contribution is -0.384. The third kappa shape index (κ3) is 5.39. The molecule has 1 heterocycles. The van der Waals surface area contributed by atoms with Gasteiger partial charge < -0.3 is 9.64 Å². The second-order valence-electron chi connectivity index (χ2n) is 7.00. The first-order chi connectivity index (χ1) is 13.9. The fraction of sp³-hybridized carbons (Fsp3) is 0.333. The van der Waals surface area contributed by atoms with Gasteiger partial charge in [0.1, 0.15) is 0 Å². The first-order valence-corrected chi connectivity index (χ1v) is 9.43. The molecule has 0 radical (unpaired) electrons. The molecule has 0 aliphatic carbocycles. The number of morpholine rings is 1. The number of benzene rings is 2. The number of nitrogens with zero attached hydrogens (tertiary/aromatic N) is 3. The topological polar surface area (TPSA) is 97.1 Å². The summed E-state index contributed by atoms with van der Waals surface area (Å²) in [5.74, 6) is -0.244. The number of anilines is 1. The minimum atomic E-state index is -0.445. The Hall–Kier alpha value is -3.26. The van der Waals surface area contributed by atoms with Crippen molar-refractivity contribution in [3.05, 3.63) is 68.8 Å². The first-order valence-electron chi connectivity index (χ1n) is 9.43. The van der Waals surface area contributed by atoms with Crippen molar-refractivity contribution in [2.45, 2.75) is 20.3 Å². The number of ether oxygens (including phenoxy) is 1. The zero-order valence-corrected chi connectivity index (χ0v) is 16.6. The Morgan fingerprint density at radius 3 is 2.69 bits per heavy atom. The Balaban J connectivity index is 1.73. The second-order valence-corrected chi connectivity index (χ2v) is 7.00. The lowest BCUT2D eigenvalue weighted by atomic mass is 10.0. The molecule has 0 bridgehead atoms. The highest BCUT2D eigenvalue weighted by atomic mass is 16.6. The van der Waals surface area contributed by atoms with Crippen molar-refractivity contribution >= 4 is 23.5 Å². The van der Waals surface area contributed by atoms with Crippen molar-refractivity contribution in [3.63, 3.8) is 0 Å². The Morgan fingerprint density at radius 2 is 2.00 bits per heavy atom. The van der Waals surface area contributed by atoms with Gasteiger partial charge in [0.25, 0.3) is 5.69 Å². The zero-order valence-electron chi connectivity index (χ0n) is 16.6. The maximum atomic E-state index is 12.2. The third-order valence-corrected chi connectivity index (χ3v) is 4.82. The third-order valence-electron chi connectivity index (χ3n) is 4.82. The van der Waals surface area contributed by atoms with Crippen molar-refractivity contribution in [1.29, 1.82) is 0 Å². The monoisotopic (exact) mass is 396 g/mol. The average Bonchev–Trinajstić information content (AvgIpc) is 2.70. The SMILES string of the molecule is Cc1ccc(CC(=O)N/N=C\c2cc([N+](=O)[O-])ccc2N2CCOCC2)c(C)c1. The van der Waals surface area contributed by atoms with Crippen LogP contribution in [0.4, 0.5) is 11.4 Å². The van der Waals surface area contributed by atoms with E-state index in [4.69, 9.17) is 4.74 Å². The predicted molar refractivity (Wildman–Crippen MR) is 111 cm³/mol. The van der Waals surface area contributed by atoms with Crippen LogP contribution in [0, 0.1) is 24.0 Å². The van der Waals surface area contributed by atoms with E-state index in [-0.39, 0.29) is 18.0 Å². The molecule has 0 spiro atoms. The largest absolute Gasteiger partial charge is 0.378 e. The summed E-state index contributed by atoms with van der Waals surface area (Å²) < 4.78 is 5.37. The number of hydrogen-bond donors (Lipinski definition) is 1. The number of nitro groups is 1. The molecule has 1 fully saturated rings. The quantitative estimate of drug-likeness (QED) is 0.460. The number of amides is 1. The number of nitrogens with one attached hydrogen (secondary N) is 1. The molecule has 3 rings (SSSR count). The molecule has 0 saturated carbocycles. The van der Waals surface area contributed by atoms with Gasteiger partial charge in [0.05, 0.1) is 30.8 Å². The second kappa shape index (κ2) is 9.29. The van der Waals surface area contributed by atoms with E-state index in [1.807, 2.05) is 32.0 Å². The number of carbonyl (C=O) groups is 1. The molecule has 1 saturated heterocycles. The lowest BCUT2D eigenvalue weighted by Gasteiger charge is -2.29. The maximum absolute atomic E-state index is 12.2. The Labute approximate surface area is 169 Å². The van der Waals surface area contributed by atoms with Crippen LogP contribution in [0.2, 0.25) is 0 Å². The fourth-order valence-electron chi connectivity index (χ4n) is 3.28. The highest BCUT2D eigenvalue weighted by Crippen LogP contribution is 2.25. The molecule has 1 N–H and O–H groups in total. The van der Waals surface area contributed by atoms with Crippen molar-refractivity contribution in [3.8, 4) is 0 Å². The van der Waals surface area contributed by atoms with Gasteiger partial charge in [-0.3, -0.25) is 14.9 Å². The Bertz CT molecular complexity index is 936. The fourth-order valence-corrected chi connectivity index (χ4v) is 3.28. The van der Waals surface area contributed by atoms with E-state index in [9.17, 15) is 14.9 Å². The normalized spacial score (nSPS) is 14.2. The smallest absolute Gasteiger partial charge is 0.270 e. The summed E-state index contributed by atoms with van der Waals surface area (Å²) in [6.45, 7) is 6.55. The molecule has 2 aromatic carbocycles. The molecule has 1 amide bonds. The van der Waals surface area contributed by atoms with Gasteiger partial charge >= 0.3 is 0 Å². The standard InChI is InChI=1S/C21H24N4O4/c1-15-3-4-17(16(2)11-15)13-21(26)23-22-14-18-12-19(25(27)28)5-6-20(18)24-7-9-29-10-8-24/h3-6,11-12,14H,7-10,13H2,1-2H3,(H,23,26)/b22-14-. The van der Waals surface area contributed by atoms with Gasteiger partial charge in [0.2, 0.25) is 5.91 Å². The van der Waals surface area contributed by atoms with Gasteiger partial charge in [-0.1, -0.05) is 23.8 Å². The molecule has 8 nitrogen and oxygen atoms in total. The minimum absolute atomic E-state index is 0.0231. The molecular formula is C21H24N4O4. The molecule has 1 aliphatic heterocycles. The Morgan fingerprint density at radius 1 is 1.24 bits per heavy atom. The van der Waals surface area contributed by atoms with E-state index in [0.717, 1.165) is 22.4 Å². The van der Waals surface area contributed by atoms with Crippen LogP contribution >= 0.6 is 0 Å². The van der Waals surface area contributed by atoms with Crippen molar-refractivity contribution < 1.29 is 14.5 Å². The summed E-state index contributed by atoms with van der Waals surface area (Å²) in [6, 6.07) is 10.6. The number of rotatable bonds is 6. The van der Waals surface area contributed by atoms with Gasteiger partial charge in [-0.15, -0.1) is 0 Å².